The Balaban J connectivity index is 1.45. The fourth-order valence-electron chi connectivity index (χ4n) is 4.78. The van der Waals surface area contributed by atoms with E-state index in [1.165, 1.54) is 24.9 Å². The molecule has 0 bridgehead atoms. The molecule has 4 heterocycles. The molecule has 3 aromatic heterocycles. The lowest BCUT2D eigenvalue weighted by Crippen LogP contribution is -2.37. The van der Waals surface area contributed by atoms with Gasteiger partial charge in [0.25, 0.3) is 0 Å². The van der Waals surface area contributed by atoms with Crippen molar-refractivity contribution in [1.82, 2.24) is 29.5 Å². The van der Waals surface area contributed by atoms with Crippen molar-refractivity contribution in [1.29, 1.82) is 0 Å². The van der Waals surface area contributed by atoms with Crippen LogP contribution in [0.15, 0.2) is 18.5 Å². The van der Waals surface area contributed by atoms with Crippen molar-refractivity contribution in [2.24, 2.45) is 5.92 Å². The molecule has 3 aromatic rings. The number of hydrogen-bond acceptors (Lipinski definition) is 8. The number of imidazole rings is 1. The number of hydrogen-bond donors (Lipinski definition) is 1. The standard InChI is InChI=1S/C25H38N8O/c1-6-21(7-2)34-25-29-22(26)24-28-20(16-33(24)30-25)13-19-12-17(3)23(27-14-19)32-10-8-18(9-11-32)15-31(4)5/h12,14,16,18,21H,6-11,13,15H2,1-5H3,(H2,26,29,30). The van der Waals surface area contributed by atoms with E-state index in [2.05, 4.69) is 65.8 Å². The van der Waals surface area contributed by atoms with Crippen LogP contribution in [0.5, 0.6) is 6.01 Å². The lowest BCUT2D eigenvalue weighted by Gasteiger charge is -2.34. The smallest absolute Gasteiger partial charge is 0.336 e. The molecule has 0 unspecified atom stereocenters. The van der Waals surface area contributed by atoms with Gasteiger partial charge < -0.3 is 20.3 Å². The molecule has 0 saturated carbocycles. The van der Waals surface area contributed by atoms with Crippen molar-refractivity contribution in [3.63, 3.8) is 0 Å². The number of pyridine rings is 1. The number of aryl methyl sites for hydroxylation is 1. The normalized spacial score (nSPS) is 15.1. The van der Waals surface area contributed by atoms with Gasteiger partial charge in [0, 0.05) is 32.3 Å². The second-order valence-electron chi connectivity index (χ2n) is 9.69. The summed E-state index contributed by atoms with van der Waals surface area (Å²) in [5.41, 5.74) is 9.89. The Labute approximate surface area is 202 Å². The number of nitrogen functional groups attached to an aromatic ring is 1. The molecule has 1 saturated heterocycles. The first-order chi connectivity index (χ1) is 16.4. The molecule has 1 aliphatic heterocycles. The third kappa shape index (κ3) is 5.58. The van der Waals surface area contributed by atoms with Crippen LogP contribution in [0.25, 0.3) is 5.65 Å². The van der Waals surface area contributed by atoms with E-state index in [4.69, 9.17) is 15.5 Å². The van der Waals surface area contributed by atoms with Crippen molar-refractivity contribution in [2.45, 2.75) is 59.0 Å². The van der Waals surface area contributed by atoms with E-state index in [9.17, 15) is 0 Å². The van der Waals surface area contributed by atoms with Gasteiger partial charge in [-0.25, -0.2) is 14.5 Å². The summed E-state index contributed by atoms with van der Waals surface area (Å²) >= 11 is 0. The van der Waals surface area contributed by atoms with Crippen LogP contribution >= 0.6 is 0 Å². The van der Waals surface area contributed by atoms with Crippen molar-refractivity contribution < 1.29 is 4.74 Å². The summed E-state index contributed by atoms with van der Waals surface area (Å²) in [5.74, 6) is 2.20. The van der Waals surface area contributed by atoms with Crippen LogP contribution in [0.2, 0.25) is 0 Å². The Kier molecular flexibility index (Phi) is 7.50. The molecule has 4 rings (SSSR count). The molecule has 9 nitrogen and oxygen atoms in total. The third-order valence-electron chi connectivity index (χ3n) is 6.59. The predicted octanol–water partition coefficient (Wildman–Crippen LogP) is 3.35. The molecule has 1 aliphatic rings. The zero-order valence-electron chi connectivity index (χ0n) is 21.2. The summed E-state index contributed by atoms with van der Waals surface area (Å²) in [6.45, 7) is 9.61. The van der Waals surface area contributed by atoms with Crippen LogP contribution in [0.3, 0.4) is 0 Å². The second-order valence-corrected chi connectivity index (χ2v) is 9.69. The number of ether oxygens (including phenoxy) is 1. The van der Waals surface area contributed by atoms with Crippen LogP contribution in [-0.2, 0) is 6.42 Å². The van der Waals surface area contributed by atoms with Gasteiger partial charge in [0.2, 0.25) is 0 Å². The summed E-state index contributed by atoms with van der Waals surface area (Å²) in [6, 6.07) is 2.51. The number of piperidine rings is 1. The van der Waals surface area contributed by atoms with E-state index in [1.807, 2.05) is 12.4 Å². The van der Waals surface area contributed by atoms with E-state index in [1.54, 1.807) is 4.52 Å². The first kappa shape index (κ1) is 24.2. The van der Waals surface area contributed by atoms with Crippen LogP contribution < -0.4 is 15.4 Å². The van der Waals surface area contributed by atoms with Crippen molar-refractivity contribution >= 4 is 17.3 Å². The highest BCUT2D eigenvalue weighted by Gasteiger charge is 2.22. The average molecular weight is 467 g/mol. The second kappa shape index (κ2) is 10.5. The lowest BCUT2D eigenvalue weighted by atomic mass is 9.96. The fraction of sp³-hybridized carbons (Fsp3) is 0.600. The number of nitrogens with zero attached hydrogens (tertiary/aromatic N) is 7. The molecule has 0 spiro atoms. The van der Waals surface area contributed by atoms with Crippen LogP contribution in [-0.4, -0.2) is 69.3 Å². The van der Waals surface area contributed by atoms with E-state index >= 15 is 0 Å². The van der Waals surface area contributed by atoms with Gasteiger partial charge in [0.1, 0.15) is 11.9 Å². The number of fused-ring (bicyclic) bond motifs is 1. The lowest BCUT2D eigenvalue weighted by molar-refractivity contribution is 0.174. The highest BCUT2D eigenvalue weighted by Crippen LogP contribution is 2.26. The highest BCUT2D eigenvalue weighted by molar-refractivity contribution is 5.59. The van der Waals surface area contributed by atoms with Gasteiger partial charge in [-0.3, -0.25) is 0 Å². The fourth-order valence-corrected chi connectivity index (χ4v) is 4.78. The summed E-state index contributed by atoms with van der Waals surface area (Å²) in [7, 11) is 4.31. The molecule has 34 heavy (non-hydrogen) atoms. The predicted molar refractivity (Wildman–Crippen MR) is 135 cm³/mol. The molecular formula is C25H38N8O. The minimum Gasteiger partial charge on any atom is -0.459 e. The third-order valence-corrected chi connectivity index (χ3v) is 6.59. The first-order valence-electron chi connectivity index (χ1n) is 12.4. The largest absolute Gasteiger partial charge is 0.459 e. The minimum atomic E-state index is 0.0752. The number of nitrogens with two attached hydrogens (primary N) is 1. The Morgan fingerprint density at radius 3 is 2.56 bits per heavy atom. The van der Waals surface area contributed by atoms with E-state index in [-0.39, 0.29) is 6.10 Å². The molecule has 2 N–H and O–H groups in total. The average Bonchev–Trinajstić information content (AvgIpc) is 3.21. The van der Waals surface area contributed by atoms with Gasteiger partial charge in [-0.1, -0.05) is 19.9 Å². The summed E-state index contributed by atoms with van der Waals surface area (Å²) in [5, 5.41) is 4.47. The molecule has 0 aromatic carbocycles. The van der Waals surface area contributed by atoms with Gasteiger partial charge in [0.05, 0.1) is 11.9 Å². The SMILES string of the molecule is CCC(CC)Oc1nc(N)c2nc(Cc3cnc(N4CCC(CN(C)C)CC4)c(C)c3)cn2n1. The van der Waals surface area contributed by atoms with Crippen LogP contribution in [0, 0.1) is 12.8 Å². The summed E-state index contributed by atoms with van der Waals surface area (Å²) < 4.78 is 7.54. The maximum absolute atomic E-state index is 6.15. The monoisotopic (exact) mass is 466 g/mol. The van der Waals surface area contributed by atoms with Gasteiger partial charge >= 0.3 is 6.01 Å². The maximum Gasteiger partial charge on any atom is 0.336 e. The molecule has 0 aliphatic carbocycles. The summed E-state index contributed by atoms with van der Waals surface area (Å²) in [6.07, 6.45) is 8.81. The van der Waals surface area contributed by atoms with Gasteiger partial charge in [-0.15, -0.1) is 5.10 Å². The van der Waals surface area contributed by atoms with Gasteiger partial charge in [0.15, 0.2) is 11.5 Å². The molecule has 0 amide bonds. The van der Waals surface area contributed by atoms with Crippen molar-refractivity contribution in [3.05, 3.63) is 35.3 Å². The molecule has 1 fully saturated rings. The van der Waals surface area contributed by atoms with Gasteiger partial charge in [-0.05, 0) is 63.7 Å². The Morgan fingerprint density at radius 1 is 1.18 bits per heavy atom. The van der Waals surface area contributed by atoms with Crippen molar-refractivity contribution in [3.8, 4) is 6.01 Å². The number of rotatable bonds is 9. The van der Waals surface area contributed by atoms with Gasteiger partial charge in [-0.2, -0.15) is 4.98 Å². The van der Waals surface area contributed by atoms with Crippen molar-refractivity contribution in [2.75, 3.05) is 44.4 Å². The molecule has 9 heteroatoms. The number of anilines is 2. The zero-order chi connectivity index (χ0) is 24.2. The van der Waals surface area contributed by atoms with E-state index in [0.717, 1.165) is 48.9 Å². The summed E-state index contributed by atoms with van der Waals surface area (Å²) in [4.78, 5) is 18.5. The van der Waals surface area contributed by atoms with Crippen LogP contribution in [0.1, 0.15) is 56.4 Å². The molecular weight excluding hydrogens is 428 g/mol. The topological polar surface area (TPSA) is 97.7 Å². The zero-order valence-corrected chi connectivity index (χ0v) is 21.2. The van der Waals surface area contributed by atoms with E-state index < -0.39 is 0 Å². The highest BCUT2D eigenvalue weighted by atomic mass is 16.5. The molecule has 0 radical (unpaired) electrons. The van der Waals surface area contributed by atoms with Crippen LogP contribution in [0.4, 0.5) is 11.6 Å². The minimum absolute atomic E-state index is 0.0752. The maximum atomic E-state index is 6.15. The first-order valence-corrected chi connectivity index (χ1v) is 12.4. The molecule has 0 atom stereocenters. The quantitative estimate of drug-likeness (QED) is 0.513. The Hall–Kier alpha value is -2.94. The molecule has 184 valence electrons. The van der Waals surface area contributed by atoms with E-state index in [0.29, 0.717) is 23.9 Å². The Bertz CT molecular complexity index is 1100. The number of aromatic nitrogens is 5. The Morgan fingerprint density at radius 2 is 1.91 bits per heavy atom.